The van der Waals surface area contributed by atoms with E-state index in [2.05, 4.69) is 103 Å². The van der Waals surface area contributed by atoms with E-state index in [4.69, 9.17) is 19.4 Å². The summed E-state index contributed by atoms with van der Waals surface area (Å²) in [5.41, 5.74) is 8.92. The summed E-state index contributed by atoms with van der Waals surface area (Å²) in [7, 11) is 0. The number of hydrogen-bond acceptors (Lipinski definition) is 4. The largest absolute Gasteiger partial charge is 2.00 e. The molecule has 3 aromatic heterocycles. The Morgan fingerprint density at radius 1 is 0.660 bits per heavy atom. The molecule has 8 aromatic rings. The van der Waals surface area contributed by atoms with Gasteiger partial charge in [0.15, 0.2) is 0 Å². The number of aryl methyl sites for hydroxylation is 2. The first kappa shape index (κ1) is 28.1. The Balaban J connectivity index is 0.00000302. The molecule has 0 amide bonds. The molecule has 0 aliphatic carbocycles. The van der Waals surface area contributed by atoms with Crippen LogP contribution in [0.2, 0.25) is 0 Å². The summed E-state index contributed by atoms with van der Waals surface area (Å²) in [6, 6.07) is 40.9. The zero-order valence-corrected chi connectivity index (χ0v) is 27.7. The van der Waals surface area contributed by atoms with Crippen LogP contribution in [0.25, 0.3) is 49.7 Å². The van der Waals surface area contributed by atoms with Gasteiger partial charge in [0, 0.05) is 34.9 Å². The number of aromatic nitrogens is 3. The first-order valence-corrected chi connectivity index (χ1v) is 15.4. The smallest absolute Gasteiger partial charge is 0.517 e. The summed E-state index contributed by atoms with van der Waals surface area (Å²) in [6.07, 6.45) is 3.70. The number of nitrogens with zero attached hydrogens (tertiary/aromatic N) is 3. The van der Waals surface area contributed by atoms with Gasteiger partial charge in [0.2, 0.25) is 6.71 Å². The third-order valence-electron chi connectivity index (χ3n) is 9.38. The standard InChI is InChI=1S/C40H24BN3O2.Pt/c1-23-19-24(2)40-37-39(23)45-34-15-14-26(38-27-10-4-3-9-25(27)16-18-43-38)20-30(34)41(37)31-22-33-29(21-35(31)46-40)28-11-5-6-12-32(28)44(33)36-13-7-8-17-42-36;/h3-19,21H,1-2H3;/q-2;+2. The minimum Gasteiger partial charge on any atom is -0.517 e. The van der Waals surface area contributed by atoms with E-state index in [0.717, 1.165) is 100 Å². The zero-order chi connectivity index (χ0) is 30.5. The monoisotopic (exact) mass is 784 g/mol. The number of rotatable bonds is 2. The molecule has 0 saturated heterocycles. The maximum absolute atomic E-state index is 6.81. The summed E-state index contributed by atoms with van der Waals surface area (Å²) < 4.78 is 15.7. The zero-order valence-electron chi connectivity index (χ0n) is 25.4. The van der Waals surface area contributed by atoms with Crippen LogP contribution in [0.5, 0.6) is 23.0 Å². The molecule has 0 radical (unpaired) electrons. The number of para-hydroxylation sites is 1. The van der Waals surface area contributed by atoms with Gasteiger partial charge in [-0.1, -0.05) is 59.4 Å². The first-order chi connectivity index (χ1) is 22.6. The van der Waals surface area contributed by atoms with Crippen molar-refractivity contribution in [3.63, 3.8) is 0 Å². The van der Waals surface area contributed by atoms with E-state index in [1.54, 1.807) is 0 Å². The van der Waals surface area contributed by atoms with E-state index >= 15 is 0 Å². The van der Waals surface area contributed by atoms with Crippen molar-refractivity contribution in [1.82, 2.24) is 14.5 Å². The fourth-order valence-electron chi connectivity index (χ4n) is 7.40. The van der Waals surface area contributed by atoms with Crippen LogP contribution in [0.3, 0.4) is 0 Å². The van der Waals surface area contributed by atoms with Crippen molar-refractivity contribution in [1.29, 1.82) is 0 Å². The molecule has 5 heterocycles. The van der Waals surface area contributed by atoms with Crippen LogP contribution < -0.4 is 25.9 Å². The van der Waals surface area contributed by atoms with Crippen LogP contribution >= 0.6 is 0 Å². The molecule has 224 valence electrons. The molecular formula is C40H24BN3O2Pt. The predicted molar refractivity (Wildman–Crippen MR) is 184 cm³/mol. The Morgan fingerprint density at radius 3 is 2.23 bits per heavy atom. The summed E-state index contributed by atoms with van der Waals surface area (Å²) in [6.45, 7) is 4.00. The SMILES string of the molecule is Cc1cc(C)c2c3c1Oc1ccc(-c4nccc5ccccc45)[c-]c1B3c1[c-]c3c(cc1O2)c1ccccc1n3-c1ccccn1.[Pt+2]. The molecule has 47 heavy (non-hydrogen) atoms. The Labute approximate surface area is 286 Å². The summed E-state index contributed by atoms with van der Waals surface area (Å²) in [5.74, 6) is 4.10. The first-order valence-electron chi connectivity index (χ1n) is 15.4. The third-order valence-corrected chi connectivity index (χ3v) is 9.38. The second kappa shape index (κ2) is 10.4. The molecule has 0 bridgehead atoms. The van der Waals surface area contributed by atoms with E-state index in [-0.39, 0.29) is 27.8 Å². The number of benzene rings is 5. The van der Waals surface area contributed by atoms with E-state index < -0.39 is 0 Å². The molecule has 0 fully saturated rings. The van der Waals surface area contributed by atoms with Crippen LogP contribution in [0.1, 0.15) is 11.1 Å². The molecule has 2 aliphatic rings. The Bertz CT molecular complexity index is 2580. The van der Waals surface area contributed by atoms with Gasteiger partial charge >= 0.3 is 21.1 Å². The Hall–Kier alpha value is -5.19. The molecular weight excluding hydrogens is 760 g/mol. The minimum atomic E-state index is -0.203. The van der Waals surface area contributed by atoms with Crippen LogP contribution in [-0.4, -0.2) is 21.2 Å². The van der Waals surface area contributed by atoms with E-state index in [1.807, 2.05) is 36.7 Å². The van der Waals surface area contributed by atoms with Crippen molar-refractivity contribution < 1.29 is 30.5 Å². The molecule has 0 N–H and O–H groups in total. The van der Waals surface area contributed by atoms with Crippen LogP contribution in [0.15, 0.2) is 109 Å². The molecule has 7 heteroatoms. The Morgan fingerprint density at radius 2 is 1.40 bits per heavy atom. The van der Waals surface area contributed by atoms with Crippen molar-refractivity contribution in [2.75, 3.05) is 0 Å². The summed E-state index contributed by atoms with van der Waals surface area (Å²) >= 11 is 0. The fourth-order valence-corrected chi connectivity index (χ4v) is 7.40. The van der Waals surface area contributed by atoms with Gasteiger partial charge in [0.1, 0.15) is 17.3 Å². The maximum Gasteiger partial charge on any atom is 2.00 e. The van der Waals surface area contributed by atoms with Gasteiger partial charge in [-0.2, -0.15) is 6.07 Å². The molecule has 0 atom stereocenters. The average Bonchev–Trinajstić information content (AvgIpc) is 3.42. The van der Waals surface area contributed by atoms with Crippen LogP contribution in [0, 0.1) is 26.0 Å². The summed E-state index contributed by atoms with van der Waals surface area (Å²) in [4.78, 5) is 9.56. The van der Waals surface area contributed by atoms with E-state index in [9.17, 15) is 0 Å². The van der Waals surface area contributed by atoms with E-state index in [1.165, 1.54) is 0 Å². The molecule has 5 aromatic carbocycles. The fraction of sp³-hybridized carbons (Fsp3) is 0.0500. The van der Waals surface area contributed by atoms with Gasteiger partial charge in [0.05, 0.1) is 0 Å². The van der Waals surface area contributed by atoms with Crippen molar-refractivity contribution in [3.8, 4) is 40.1 Å². The second-order valence-electron chi connectivity index (χ2n) is 12.1. The van der Waals surface area contributed by atoms with Gasteiger partial charge < -0.3 is 19.0 Å². The van der Waals surface area contributed by atoms with E-state index in [0.29, 0.717) is 0 Å². The average molecular weight is 785 g/mol. The van der Waals surface area contributed by atoms with Crippen molar-refractivity contribution >= 4 is 55.7 Å². The molecule has 0 unspecified atom stereocenters. The van der Waals surface area contributed by atoms with Crippen LogP contribution in [-0.2, 0) is 21.1 Å². The van der Waals surface area contributed by atoms with Gasteiger partial charge in [-0.3, -0.25) is 0 Å². The number of fused-ring (bicyclic) bond motifs is 8. The van der Waals surface area contributed by atoms with Crippen LogP contribution in [0.4, 0.5) is 0 Å². The normalized spacial score (nSPS) is 12.6. The van der Waals surface area contributed by atoms with Crippen molar-refractivity contribution in [2.24, 2.45) is 0 Å². The Kier molecular flexibility index (Phi) is 6.22. The topological polar surface area (TPSA) is 49.2 Å². The molecule has 5 nitrogen and oxygen atoms in total. The van der Waals surface area contributed by atoms with Gasteiger partial charge in [-0.15, -0.1) is 40.8 Å². The quantitative estimate of drug-likeness (QED) is 0.136. The number of hydrogen-bond donors (Lipinski definition) is 0. The van der Waals surface area contributed by atoms with Gasteiger partial charge in [-0.05, 0) is 77.2 Å². The van der Waals surface area contributed by atoms with Gasteiger partial charge in [0.25, 0.3) is 0 Å². The summed E-state index contributed by atoms with van der Waals surface area (Å²) in [5, 5.41) is 4.43. The molecule has 10 rings (SSSR count). The van der Waals surface area contributed by atoms with Crippen molar-refractivity contribution in [3.05, 3.63) is 133 Å². The van der Waals surface area contributed by atoms with Gasteiger partial charge in [-0.25, -0.2) is 4.98 Å². The van der Waals surface area contributed by atoms with Crippen molar-refractivity contribution in [2.45, 2.75) is 13.8 Å². The maximum atomic E-state index is 6.81. The molecule has 2 aliphatic heterocycles. The predicted octanol–water partition coefficient (Wildman–Crippen LogP) is 7.34. The third kappa shape index (κ3) is 4.01. The minimum absolute atomic E-state index is 0. The number of ether oxygens (including phenoxy) is 2. The molecule has 0 spiro atoms. The second-order valence-corrected chi connectivity index (χ2v) is 12.1. The molecule has 0 saturated carbocycles. The number of pyridine rings is 2.